The van der Waals surface area contributed by atoms with E-state index in [1.807, 2.05) is 13.8 Å². The number of carbonyl (C=O) groups is 1. The fourth-order valence-electron chi connectivity index (χ4n) is 3.41. The van der Waals surface area contributed by atoms with E-state index in [9.17, 15) is 13.2 Å². The molecule has 0 aromatic rings. The van der Waals surface area contributed by atoms with Crippen molar-refractivity contribution >= 4 is 15.9 Å². The van der Waals surface area contributed by atoms with Crippen molar-refractivity contribution in [2.75, 3.05) is 5.75 Å². The number of rotatable bonds is 2. The van der Waals surface area contributed by atoms with Crippen molar-refractivity contribution in [3.63, 3.8) is 0 Å². The van der Waals surface area contributed by atoms with E-state index in [2.05, 4.69) is 0 Å². The number of Topliss-reactive ketones (excluding diaryl/α,β-unsaturated/α-hetero) is 1. The zero-order chi connectivity index (χ0) is 11.5. The average Bonchev–Trinajstić information content (AvgIpc) is 2.35. The van der Waals surface area contributed by atoms with Crippen LogP contribution in [0.5, 0.6) is 0 Å². The molecule has 0 spiro atoms. The highest BCUT2D eigenvalue weighted by molar-refractivity contribution is 7.85. The van der Waals surface area contributed by atoms with Crippen LogP contribution in [-0.2, 0) is 14.9 Å². The Bertz CT molecular complexity index is 413. The maximum Gasteiger partial charge on any atom is 0.265 e. The second-order valence-corrected chi connectivity index (χ2v) is 6.79. The van der Waals surface area contributed by atoms with Gasteiger partial charge in [0.2, 0.25) is 0 Å². The molecule has 0 amide bonds. The number of hydrogen-bond acceptors (Lipinski definition) is 3. The first-order valence-corrected chi connectivity index (χ1v) is 6.78. The summed E-state index contributed by atoms with van der Waals surface area (Å²) in [5, 5.41) is 0. The Labute approximate surface area is 89.8 Å². The molecule has 0 radical (unpaired) electrons. The van der Waals surface area contributed by atoms with Gasteiger partial charge in [-0.15, -0.1) is 0 Å². The Kier molecular flexibility index (Phi) is 2.09. The highest BCUT2D eigenvalue weighted by atomic mass is 32.2. The molecule has 2 aliphatic carbocycles. The smallest absolute Gasteiger partial charge is 0.265 e. The minimum Gasteiger partial charge on any atom is -0.299 e. The summed E-state index contributed by atoms with van der Waals surface area (Å²) in [4.78, 5) is 11.8. The largest absolute Gasteiger partial charge is 0.299 e. The average molecular weight is 232 g/mol. The molecular formula is C10H16O4S. The topological polar surface area (TPSA) is 71.4 Å². The van der Waals surface area contributed by atoms with E-state index in [-0.39, 0.29) is 17.5 Å². The predicted molar refractivity (Wildman–Crippen MR) is 55.0 cm³/mol. The summed E-state index contributed by atoms with van der Waals surface area (Å²) in [6, 6.07) is 0. The quantitative estimate of drug-likeness (QED) is 0.728. The van der Waals surface area contributed by atoms with Crippen LogP contribution in [0, 0.1) is 16.7 Å². The Morgan fingerprint density at radius 1 is 1.47 bits per heavy atom. The Hall–Kier alpha value is -0.420. The molecule has 3 atom stereocenters. The summed E-state index contributed by atoms with van der Waals surface area (Å²) in [5.41, 5.74) is -1.12. The number of hydrogen-bond donors (Lipinski definition) is 1. The third-order valence-corrected chi connectivity index (χ3v) is 5.65. The van der Waals surface area contributed by atoms with Crippen molar-refractivity contribution in [3.05, 3.63) is 0 Å². The van der Waals surface area contributed by atoms with Crippen LogP contribution in [0.15, 0.2) is 0 Å². The van der Waals surface area contributed by atoms with E-state index in [0.717, 1.165) is 12.8 Å². The summed E-state index contributed by atoms with van der Waals surface area (Å²) in [5.74, 6) is -0.00535. The maximum atomic E-state index is 11.8. The Morgan fingerprint density at radius 3 is 2.40 bits per heavy atom. The third-order valence-electron chi connectivity index (χ3n) is 4.68. The van der Waals surface area contributed by atoms with E-state index in [1.165, 1.54) is 0 Å². The van der Waals surface area contributed by atoms with Crippen LogP contribution < -0.4 is 0 Å². The zero-order valence-corrected chi connectivity index (χ0v) is 9.80. The lowest BCUT2D eigenvalue weighted by atomic mass is 9.70. The molecule has 0 heterocycles. The lowest BCUT2D eigenvalue weighted by molar-refractivity contribution is -0.128. The summed E-state index contributed by atoms with van der Waals surface area (Å²) in [7, 11) is -4.01. The number of fused-ring (bicyclic) bond motifs is 2. The number of ketones is 1. The van der Waals surface area contributed by atoms with E-state index in [4.69, 9.17) is 4.55 Å². The van der Waals surface area contributed by atoms with Crippen molar-refractivity contribution in [3.8, 4) is 0 Å². The van der Waals surface area contributed by atoms with Gasteiger partial charge in [-0.3, -0.25) is 9.35 Å². The summed E-state index contributed by atoms with van der Waals surface area (Å²) < 4.78 is 31.0. The summed E-state index contributed by atoms with van der Waals surface area (Å²) >= 11 is 0. The first-order chi connectivity index (χ1) is 6.69. The fourth-order valence-corrected chi connectivity index (χ4v) is 4.72. The minimum atomic E-state index is -4.01. The molecule has 0 unspecified atom stereocenters. The van der Waals surface area contributed by atoms with Crippen LogP contribution in [-0.4, -0.2) is 24.5 Å². The van der Waals surface area contributed by atoms with E-state index in [0.29, 0.717) is 6.42 Å². The third kappa shape index (κ3) is 1.36. The molecule has 0 aromatic carbocycles. The molecule has 2 aliphatic rings. The van der Waals surface area contributed by atoms with Crippen LogP contribution in [0.2, 0.25) is 0 Å². The van der Waals surface area contributed by atoms with Crippen molar-refractivity contribution in [1.29, 1.82) is 0 Å². The van der Waals surface area contributed by atoms with E-state index >= 15 is 0 Å². The first-order valence-electron chi connectivity index (χ1n) is 5.17. The molecule has 2 saturated carbocycles. The molecule has 0 aliphatic heterocycles. The molecule has 4 nitrogen and oxygen atoms in total. The van der Waals surface area contributed by atoms with Gasteiger partial charge >= 0.3 is 0 Å². The number of carbonyl (C=O) groups excluding carboxylic acids is 1. The molecule has 0 saturated heterocycles. The van der Waals surface area contributed by atoms with Crippen LogP contribution in [0.3, 0.4) is 0 Å². The van der Waals surface area contributed by atoms with E-state index < -0.39 is 20.9 Å². The van der Waals surface area contributed by atoms with Gasteiger partial charge in [0.05, 0.1) is 5.75 Å². The Morgan fingerprint density at radius 2 is 2.07 bits per heavy atom. The Balaban J connectivity index is 2.41. The van der Waals surface area contributed by atoms with Gasteiger partial charge < -0.3 is 0 Å². The molecular weight excluding hydrogens is 216 g/mol. The van der Waals surface area contributed by atoms with Gasteiger partial charge in [-0.05, 0) is 24.2 Å². The van der Waals surface area contributed by atoms with Gasteiger partial charge in [0, 0.05) is 11.8 Å². The van der Waals surface area contributed by atoms with Gasteiger partial charge in [0.1, 0.15) is 5.78 Å². The molecule has 5 heteroatoms. The maximum absolute atomic E-state index is 11.8. The fraction of sp³-hybridized carbons (Fsp3) is 0.900. The molecule has 86 valence electrons. The van der Waals surface area contributed by atoms with Crippen LogP contribution in [0.1, 0.15) is 33.1 Å². The molecule has 1 N–H and O–H groups in total. The highest BCUT2D eigenvalue weighted by Crippen LogP contribution is 2.64. The first kappa shape index (κ1) is 11.1. The highest BCUT2D eigenvalue weighted by Gasteiger charge is 2.64. The van der Waals surface area contributed by atoms with Gasteiger partial charge in [-0.1, -0.05) is 13.8 Å². The van der Waals surface area contributed by atoms with Crippen LogP contribution in [0.4, 0.5) is 0 Å². The monoisotopic (exact) mass is 232 g/mol. The lowest BCUT2D eigenvalue weighted by Crippen LogP contribution is -2.40. The normalized spacial score (nSPS) is 45.0. The van der Waals surface area contributed by atoms with E-state index in [1.54, 1.807) is 0 Å². The predicted octanol–water partition coefficient (Wildman–Crippen LogP) is 1.27. The standard InChI is InChI=1S/C10H16O4S/c1-9-4-3-7(5-8(9)11)10(9,2)6-15(12,13)14/h7H,3-6H2,1-2H3,(H,12,13,14)/t7-,9+,10-/m1/s1. The van der Waals surface area contributed by atoms with Gasteiger partial charge in [-0.2, -0.15) is 8.42 Å². The second kappa shape index (κ2) is 2.83. The molecule has 0 aromatic heterocycles. The summed E-state index contributed by atoms with van der Waals surface area (Å²) in [6.45, 7) is 3.66. The molecule has 2 fully saturated rings. The van der Waals surface area contributed by atoms with Gasteiger partial charge in [0.25, 0.3) is 10.1 Å². The second-order valence-electron chi connectivity index (χ2n) is 5.34. The summed E-state index contributed by atoms with van der Waals surface area (Å²) in [6.07, 6.45) is 2.12. The van der Waals surface area contributed by atoms with Gasteiger partial charge in [0.15, 0.2) is 0 Å². The SMILES string of the molecule is C[C@]12CC[C@H](CC1=O)[C@@]2(C)CS(=O)(=O)O. The van der Waals surface area contributed by atoms with Gasteiger partial charge in [-0.25, -0.2) is 0 Å². The van der Waals surface area contributed by atoms with Crippen molar-refractivity contribution in [2.24, 2.45) is 16.7 Å². The van der Waals surface area contributed by atoms with Crippen molar-refractivity contribution in [1.82, 2.24) is 0 Å². The minimum absolute atomic E-state index is 0.122. The van der Waals surface area contributed by atoms with Crippen LogP contribution in [0.25, 0.3) is 0 Å². The molecule has 2 rings (SSSR count). The van der Waals surface area contributed by atoms with Crippen molar-refractivity contribution < 1.29 is 17.8 Å². The zero-order valence-electron chi connectivity index (χ0n) is 8.99. The van der Waals surface area contributed by atoms with Crippen LogP contribution >= 0.6 is 0 Å². The lowest BCUT2D eigenvalue weighted by Gasteiger charge is -2.35. The van der Waals surface area contributed by atoms with Crippen molar-refractivity contribution in [2.45, 2.75) is 33.1 Å². The molecule has 15 heavy (non-hydrogen) atoms. The molecule has 2 bridgehead atoms.